The Labute approximate surface area is 138 Å². The van der Waals surface area contributed by atoms with Crippen molar-refractivity contribution < 1.29 is 0 Å². The van der Waals surface area contributed by atoms with Crippen LogP contribution in [-0.2, 0) is 0 Å². The monoisotopic (exact) mass is 314 g/mol. The Hall–Kier alpha value is -1.35. The molecule has 1 saturated heterocycles. The molecule has 1 N–H and O–H groups in total. The zero-order chi connectivity index (χ0) is 15.5. The van der Waals surface area contributed by atoms with Gasteiger partial charge in [-0.2, -0.15) is 0 Å². The molecule has 22 heavy (non-hydrogen) atoms. The van der Waals surface area contributed by atoms with Crippen molar-refractivity contribution >= 4 is 11.6 Å². The number of rotatable bonds is 3. The van der Waals surface area contributed by atoms with E-state index in [0.717, 1.165) is 31.2 Å². The van der Waals surface area contributed by atoms with Gasteiger partial charge in [0.05, 0.1) is 6.04 Å². The van der Waals surface area contributed by atoms with Crippen LogP contribution in [0.2, 0.25) is 5.02 Å². The first kappa shape index (κ1) is 15.5. The van der Waals surface area contributed by atoms with E-state index in [1.165, 1.54) is 22.3 Å². The van der Waals surface area contributed by atoms with Crippen LogP contribution < -0.4 is 5.32 Å². The van der Waals surface area contributed by atoms with Crippen LogP contribution in [0.15, 0.2) is 42.5 Å². The Morgan fingerprint density at radius 2 is 1.68 bits per heavy atom. The van der Waals surface area contributed by atoms with Crippen molar-refractivity contribution in [2.75, 3.05) is 26.2 Å². The van der Waals surface area contributed by atoms with E-state index < -0.39 is 0 Å². The minimum atomic E-state index is 0.305. The van der Waals surface area contributed by atoms with Gasteiger partial charge in [0, 0.05) is 31.2 Å². The number of halogens is 1. The fourth-order valence-electron chi connectivity index (χ4n) is 3.23. The molecule has 3 heteroatoms. The summed E-state index contributed by atoms with van der Waals surface area (Å²) in [6.07, 6.45) is 0. The molecular formula is C19H23ClN2. The first-order valence-electron chi connectivity index (χ1n) is 7.92. The summed E-state index contributed by atoms with van der Waals surface area (Å²) in [6.45, 7) is 8.62. The van der Waals surface area contributed by atoms with Gasteiger partial charge in [0.15, 0.2) is 0 Å². The van der Waals surface area contributed by atoms with Crippen LogP contribution in [0.5, 0.6) is 0 Å². The minimum absolute atomic E-state index is 0.305. The van der Waals surface area contributed by atoms with Crippen molar-refractivity contribution in [1.29, 1.82) is 0 Å². The number of hydrogen-bond acceptors (Lipinski definition) is 2. The van der Waals surface area contributed by atoms with Gasteiger partial charge in [0.2, 0.25) is 0 Å². The number of nitrogens with one attached hydrogen (secondary N) is 1. The molecule has 2 aromatic carbocycles. The zero-order valence-electron chi connectivity index (χ0n) is 13.3. The molecule has 1 unspecified atom stereocenters. The maximum absolute atomic E-state index is 6.08. The first-order chi connectivity index (χ1) is 10.6. The fourth-order valence-corrected chi connectivity index (χ4v) is 3.35. The molecule has 3 rings (SSSR count). The van der Waals surface area contributed by atoms with Crippen LogP contribution in [0.25, 0.3) is 0 Å². The highest BCUT2D eigenvalue weighted by molar-refractivity contribution is 6.30. The third kappa shape index (κ3) is 3.35. The molecular weight excluding hydrogens is 292 g/mol. The van der Waals surface area contributed by atoms with E-state index in [4.69, 9.17) is 11.6 Å². The summed E-state index contributed by atoms with van der Waals surface area (Å²) < 4.78 is 0. The second-order valence-electron chi connectivity index (χ2n) is 6.10. The molecule has 116 valence electrons. The van der Waals surface area contributed by atoms with Crippen molar-refractivity contribution in [2.45, 2.75) is 19.9 Å². The van der Waals surface area contributed by atoms with Crippen LogP contribution in [-0.4, -0.2) is 31.1 Å². The van der Waals surface area contributed by atoms with Crippen molar-refractivity contribution in [1.82, 2.24) is 10.2 Å². The molecule has 1 heterocycles. The van der Waals surface area contributed by atoms with E-state index in [9.17, 15) is 0 Å². The smallest absolute Gasteiger partial charge is 0.0605 e. The molecule has 1 atom stereocenters. The molecule has 0 aromatic heterocycles. The number of piperazine rings is 1. The van der Waals surface area contributed by atoms with Crippen LogP contribution >= 0.6 is 11.6 Å². The maximum Gasteiger partial charge on any atom is 0.0605 e. The Morgan fingerprint density at radius 1 is 1.00 bits per heavy atom. The quantitative estimate of drug-likeness (QED) is 0.922. The highest BCUT2D eigenvalue weighted by atomic mass is 35.5. The molecule has 0 spiro atoms. The zero-order valence-corrected chi connectivity index (χ0v) is 14.0. The van der Waals surface area contributed by atoms with Gasteiger partial charge in [0.1, 0.15) is 0 Å². The number of aryl methyl sites for hydroxylation is 2. The fraction of sp³-hybridized carbons (Fsp3) is 0.368. The van der Waals surface area contributed by atoms with Crippen LogP contribution in [0.4, 0.5) is 0 Å². The van der Waals surface area contributed by atoms with Gasteiger partial charge in [-0.25, -0.2) is 0 Å². The lowest BCUT2D eigenvalue weighted by Crippen LogP contribution is -2.45. The summed E-state index contributed by atoms with van der Waals surface area (Å²) in [5.74, 6) is 0. The van der Waals surface area contributed by atoms with Crippen LogP contribution in [0, 0.1) is 13.8 Å². The molecule has 0 saturated carbocycles. The standard InChI is InChI=1S/C19H23ClN2/c1-14-3-4-15(2)18(13-14)19(22-11-9-21-10-12-22)16-5-7-17(20)8-6-16/h3-8,13,19,21H,9-12H2,1-2H3. The number of nitrogens with zero attached hydrogens (tertiary/aromatic N) is 1. The Bertz CT molecular complexity index is 630. The summed E-state index contributed by atoms with van der Waals surface area (Å²) in [4.78, 5) is 2.57. The average Bonchev–Trinajstić information content (AvgIpc) is 2.54. The lowest BCUT2D eigenvalue weighted by Gasteiger charge is -2.36. The Kier molecular flexibility index (Phi) is 4.82. The van der Waals surface area contributed by atoms with E-state index >= 15 is 0 Å². The second-order valence-corrected chi connectivity index (χ2v) is 6.54. The number of benzene rings is 2. The van der Waals surface area contributed by atoms with E-state index in [2.05, 4.69) is 54.4 Å². The van der Waals surface area contributed by atoms with E-state index in [1.54, 1.807) is 0 Å². The summed E-state index contributed by atoms with van der Waals surface area (Å²) in [5, 5.41) is 4.24. The van der Waals surface area contributed by atoms with Crippen LogP contribution in [0.1, 0.15) is 28.3 Å². The predicted molar refractivity (Wildman–Crippen MR) is 93.7 cm³/mol. The van der Waals surface area contributed by atoms with E-state index in [1.807, 2.05) is 12.1 Å². The summed E-state index contributed by atoms with van der Waals surface area (Å²) in [5.41, 5.74) is 5.39. The lowest BCUT2D eigenvalue weighted by molar-refractivity contribution is 0.198. The van der Waals surface area contributed by atoms with Gasteiger partial charge in [-0.05, 0) is 42.7 Å². The normalized spacial score (nSPS) is 17.4. The van der Waals surface area contributed by atoms with Crippen molar-refractivity contribution in [3.8, 4) is 0 Å². The van der Waals surface area contributed by atoms with E-state index in [-0.39, 0.29) is 0 Å². The maximum atomic E-state index is 6.08. The molecule has 0 aliphatic carbocycles. The van der Waals surface area contributed by atoms with Crippen molar-refractivity contribution in [3.63, 3.8) is 0 Å². The molecule has 0 bridgehead atoms. The minimum Gasteiger partial charge on any atom is -0.314 e. The summed E-state index contributed by atoms with van der Waals surface area (Å²) >= 11 is 6.08. The largest absolute Gasteiger partial charge is 0.314 e. The summed E-state index contributed by atoms with van der Waals surface area (Å²) in [6, 6.07) is 15.4. The van der Waals surface area contributed by atoms with Crippen LogP contribution in [0.3, 0.4) is 0 Å². The third-order valence-corrected chi connectivity index (χ3v) is 4.68. The average molecular weight is 315 g/mol. The van der Waals surface area contributed by atoms with Gasteiger partial charge >= 0.3 is 0 Å². The van der Waals surface area contributed by atoms with Crippen molar-refractivity contribution in [2.24, 2.45) is 0 Å². The molecule has 1 aliphatic rings. The van der Waals surface area contributed by atoms with Gasteiger partial charge in [-0.1, -0.05) is 47.5 Å². The highest BCUT2D eigenvalue weighted by Crippen LogP contribution is 2.32. The third-order valence-electron chi connectivity index (χ3n) is 4.43. The molecule has 2 aromatic rings. The SMILES string of the molecule is Cc1ccc(C)c(C(c2ccc(Cl)cc2)N2CCNCC2)c1. The van der Waals surface area contributed by atoms with Gasteiger partial charge < -0.3 is 5.32 Å². The highest BCUT2D eigenvalue weighted by Gasteiger charge is 2.25. The molecule has 0 amide bonds. The van der Waals surface area contributed by atoms with Gasteiger partial charge in [-0.3, -0.25) is 4.90 Å². The van der Waals surface area contributed by atoms with E-state index in [0.29, 0.717) is 6.04 Å². The Morgan fingerprint density at radius 3 is 2.36 bits per heavy atom. The first-order valence-corrected chi connectivity index (χ1v) is 8.30. The van der Waals surface area contributed by atoms with Gasteiger partial charge in [-0.15, -0.1) is 0 Å². The second kappa shape index (κ2) is 6.82. The summed E-state index contributed by atoms with van der Waals surface area (Å²) in [7, 11) is 0. The van der Waals surface area contributed by atoms with Crippen molar-refractivity contribution in [3.05, 3.63) is 69.7 Å². The topological polar surface area (TPSA) is 15.3 Å². The molecule has 0 radical (unpaired) electrons. The molecule has 2 nitrogen and oxygen atoms in total. The number of hydrogen-bond donors (Lipinski definition) is 1. The molecule has 1 fully saturated rings. The predicted octanol–water partition coefficient (Wildman–Crippen LogP) is 3.95. The lowest BCUT2D eigenvalue weighted by atomic mass is 9.92. The molecule has 1 aliphatic heterocycles. The van der Waals surface area contributed by atoms with Gasteiger partial charge in [0.25, 0.3) is 0 Å². The Balaban J connectivity index is 2.05.